The lowest BCUT2D eigenvalue weighted by Crippen LogP contribution is -2.42. The molecule has 0 radical (unpaired) electrons. The van der Waals surface area contributed by atoms with Crippen molar-refractivity contribution in [1.82, 2.24) is 20.7 Å². The normalized spacial score (nSPS) is 11.2. The number of hydrogen-bond acceptors (Lipinski definition) is 5. The van der Waals surface area contributed by atoms with E-state index in [9.17, 15) is 0 Å². The van der Waals surface area contributed by atoms with Gasteiger partial charge in [-0.15, -0.1) is 0 Å². The van der Waals surface area contributed by atoms with Gasteiger partial charge in [-0.2, -0.15) is 0 Å². The van der Waals surface area contributed by atoms with Gasteiger partial charge in [0.15, 0.2) is 0 Å². The molecule has 1 heterocycles. The number of nitrogens with zero attached hydrogens (tertiary/aromatic N) is 3. The molecule has 0 saturated heterocycles. The third-order valence-corrected chi connectivity index (χ3v) is 1.78. The molecule has 0 atom stereocenters. The summed E-state index contributed by atoms with van der Waals surface area (Å²) >= 11 is 0. The third kappa shape index (κ3) is 4.67. The van der Waals surface area contributed by atoms with Crippen LogP contribution in [0.5, 0.6) is 0 Å². The highest BCUT2D eigenvalue weighted by Crippen LogP contribution is 1.92. The molecule has 0 unspecified atom stereocenters. The molecule has 1 rings (SSSR count). The molecule has 0 amide bonds. The first kappa shape index (κ1) is 12.3. The second-order valence-corrected chi connectivity index (χ2v) is 2.93. The van der Waals surface area contributed by atoms with Crippen LogP contribution in [-0.4, -0.2) is 36.2 Å². The molecule has 0 aliphatic heterocycles. The number of aliphatic imine (C=N–C) groups is 1. The van der Waals surface area contributed by atoms with Gasteiger partial charge in [-0.05, 0) is 6.07 Å². The van der Waals surface area contributed by atoms with E-state index >= 15 is 0 Å². The highest BCUT2D eigenvalue weighted by Gasteiger charge is 1.95. The summed E-state index contributed by atoms with van der Waals surface area (Å²) in [6, 6.07) is 1.80. The minimum atomic E-state index is 0.446. The lowest BCUT2D eigenvalue weighted by atomic mass is 10.4. The molecule has 0 aliphatic rings. The van der Waals surface area contributed by atoms with Gasteiger partial charge in [0.25, 0.3) is 0 Å². The number of hydrazine groups is 1. The zero-order valence-corrected chi connectivity index (χ0v) is 9.18. The zero-order chi connectivity index (χ0) is 11.6. The number of nitrogens with two attached hydrogens (primary N) is 1. The topological polar surface area (TPSA) is 97.4 Å². The van der Waals surface area contributed by atoms with Crippen molar-refractivity contribution in [3.8, 4) is 0 Å². The van der Waals surface area contributed by atoms with Crippen LogP contribution < -0.4 is 16.6 Å². The molecule has 0 aromatic carbocycles. The summed E-state index contributed by atoms with van der Waals surface area (Å²) in [5.41, 5.74) is 3.30. The summed E-state index contributed by atoms with van der Waals surface area (Å²) in [7, 11) is 1.63. The Morgan fingerprint density at radius 3 is 3.12 bits per heavy atom. The van der Waals surface area contributed by atoms with E-state index in [1.54, 1.807) is 19.4 Å². The van der Waals surface area contributed by atoms with E-state index in [0.29, 0.717) is 25.7 Å². The maximum absolute atomic E-state index is 5.30. The van der Waals surface area contributed by atoms with E-state index in [-0.39, 0.29) is 0 Å². The maximum atomic E-state index is 5.30. The maximum Gasteiger partial charge on any atom is 0.206 e. The molecule has 16 heavy (non-hydrogen) atoms. The summed E-state index contributed by atoms with van der Waals surface area (Å²) in [5.74, 6) is 5.81. The highest BCUT2D eigenvalue weighted by atomic mass is 16.5. The fraction of sp³-hybridized carbons (Fsp3) is 0.444. The van der Waals surface area contributed by atoms with Gasteiger partial charge < -0.3 is 10.1 Å². The van der Waals surface area contributed by atoms with Crippen LogP contribution in [0.4, 0.5) is 0 Å². The predicted molar refractivity (Wildman–Crippen MR) is 60.4 cm³/mol. The van der Waals surface area contributed by atoms with E-state index in [2.05, 4.69) is 25.7 Å². The molecule has 0 spiro atoms. The number of methoxy groups -OCH3 is 1. The Hall–Kier alpha value is -1.73. The van der Waals surface area contributed by atoms with E-state index < -0.39 is 0 Å². The molecule has 1 aromatic heterocycles. The molecular formula is C9H16N6O. The Kier molecular flexibility index (Phi) is 5.82. The molecule has 7 nitrogen and oxygen atoms in total. The first-order valence-corrected chi connectivity index (χ1v) is 4.85. The van der Waals surface area contributed by atoms with Crippen LogP contribution in [0.15, 0.2) is 23.6 Å². The molecule has 0 saturated carbocycles. The zero-order valence-electron chi connectivity index (χ0n) is 9.18. The average molecular weight is 224 g/mol. The number of nitrogens with one attached hydrogen (secondary N) is 2. The van der Waals surface area contributed by atoms with Gasteiger partial charge in [-0.1, -0.05) is 0 Å². The van der Waals surface area contributed by atoms with Crippen molar-refractivity contribution in [2.45, 2.75) is 6.54 Å². The van der Waals surface area contributed by atoms with Crippen LogP contribution in [0.3, 0.4) is 0 Å². The second kappa shape index (κ2) is 7.55. The molecule has 0 fully saturated rings. The number of hydrogen-bond donors (Lipinski definition) is 3. The van der Waals surface area contributed by atoms with E-state index in [1.165, 1.54) is 6.33 Å². The number of rotatable bonds is 5. The van der Waals surface area contributed by atoms with E-state index in [4.69, 9.17) is 10.6 Å². The molecule has 7 heteroatoms. The quantitative estimate of drug-likeness (QED) is 0.196. The monoisotopic (exact) mass is 224 g/mol. The van der Waals surface area contributed by atoms with Gasteiger partial charge in [0.05, 0.1) is 18.8 Å². The average Bonchev–Trinajstić information content (AvgIpc) is 2.35. The van der Waals surface area contributed by atoms with Crippen molar-refractivity contribution in [2.75, 3.05) is 20.3 Å². The van der Waals surface area contributed by atoms with Gasteiger partial charge in [0, 0.05) is 19.9 Å². The largest absolute Gasteiger partial charge is 0.383 e. The smallest absolute Gasteiger partial charge is 0.206 e. The minimum absolute atomic E-state index is 0.446. The first-order valence-electron chi connectivity index (χ1n) is 4.85. The minimum Gasteiger partial charge on any atom is -0.383 e. The standard InChI is InChI=1S/C9H16N6O/c1-16-5-4-12-9(15-10)13-6-8-2-3-11-7-14-8/h2-3,7H,4-6,10H2,1H3,(H2,12,13,15). The van der Waals surface area contributed by atoms with Crippen molar-refractivity contribution >= 4 is 5.96 Å². The Morgan fingerprint density at radius 1 is 1.62 bits per heavy atom. The van der Waals surface area contributed by atoms with E-state index in [0.717, 1.165) is 5.69 Å². The SMILES string of the molecule is COCCNC(=NCc1ccncn1)NN. The van der Waals surface area contributed by atoms with Gasteiger partial charge in [-0.3, -0.25) is 5.43 Å². The highest BCUT2D eigenvalue weighted by molar-refractivity contribution is 5.79. The van der Waals surface area contributed by atoms with Crippen molar-refractivity contribution in [1.29, 1.82) is 0 Å². The molecule has 0 bridgehead atoms. The van der Waals surface area contributed by atoms with Gasteiger partial charge in [0.1, 0.15) is 6.33 Å². The van der Waals surface area contributed by atoms with Crippen LogP contribution in [0.1, 0.15) is 5.69 Å². The van der Waals surface area contributed by atoms with Crippen LogP contribution in [0.2, 0.25) is 0 Å². The van der Waals surface area contributed by atoms with Crippen LogP contribution in [0, 0.1) is 0 Å². The number of ether oxygens (including phenoxy) is 1. The third-order valence-electron chi connectivity index (χ3n) is 1.78. The summed E-state index contributed by atoms with van der Waals surface area (Å²) < 4.78 is 4.89. The Labute approximate surface area is 94.1 Å². The summed E-state index contributed by atoms with van der Waals surface area (Å²) in [6.45, 7) is 1.68. The number of aromatic nitrogens is 2. The van der Waals surface area contributed by atoms with Crippen LogP contribution in [-0.2, 0) is 11.3 Å². The first-order chi connectivity index (χ1) is 7.86. The number of guanidine groups is 1. The predicted octanol–water partition coefficient (Wildman–Crippen LogP) is -0.968. The fourth-order valence-electron chi connectivity index (χ4n) is 0.996. The molecule has 1 aromatic rings. The van der Waals surface area contributed by atoms with Crippen LogP contribution >= 0.6 is 0 Å². The van der Waals surface area contributed by atoms with E-state index in [1.807, 2.05) is 0 Å². The Bertz CT molecular complexity index is 315. The molecule has 4 N–H and O–H groups in total. The lowest BCUT2D eigenvalue weighted by Gasteiger charge is -2.07. The summed E-state index contributed by atoms with van der Waals surface area (Å²) in [5, 5.41) is 2.99. The van der Waals surface area contributed by atoms with Crippen LogP contribution in [0.25, 0.3) is 0 Å². The van der Waals surface area contributed by atoms with Crippen molar-refractivity contribution in [3.63, 3.8) is 0 Å². The van der Waals surface area contributed by atoms with Crippen molar-refractivity contribution in [2.24, 2.45) is 10.8 Å². The fourth-order valence-corrected chi connectivity index (χ4v) is 0.996. The molecule has 88 valence electrons. The second-order valence-electron chi connectivity index (χ2n) is 2.93. The van der Waals surface area contributed by atoms with Crippen molar-refractivity contribution in [3.05, 3.63) is 24.3 Å². The van der Waals surface area contributed by atoms with Gasteiger partial charge >= 0.3 is 0 Å². The molecule has 0 aliphatic carbocycles. The van der Waals surface area contributed by atoms with Gasteiger partial charge in [-0.25, -0.2) is 20.8 Å². The van der Waals surface area contributed by atoms with Crippen molar-refractivity contribution < 1.29 is 4.74 Å². The van der Waals surface area contributed by atoms with Gasteiger partial charge in [0.2, 0.25) is 5.96 Å². The Morgan fingerprint density at radius 2 is 2.50 bits per heavy atom. The molecular weight excluding hydrogens is 208 g/mol. The lowest BCUT2D eigenvalue weighted by molar-refractivity contribution is 0.203. The summed E-state index contributed by atoms with van der Waals surface area (Å²) in [4.78, 5) is 12.1. The Balaban J connectivity index is 2.40. The summed E-state index contributed by atoms with van der Waals surface area (Å²) in [6.07, 6.45) is 3.16.